The first-order chi connectivity index (χ1) is 10.2. The van der Waals surface area contributed by atoms with Gasteiger partial charge in [0.25, 0.3) is 0 Å². The van der Waals surface area contributed by atoms with E-state index in [9.17, 15) is 4.39 Å². The Hall–Kier alpha value is -2.68. The fraction of sp³-hybridized carbons (Fsp3) is 0.267. The molecule has 6 heteroatoms. The number of hydrogen-bond acceptors (Lipinski definition) is 5. The van der Waals surface area contributed by atoms with E-state index in [1.807, 2.05) is 13.0 Å². The lowest BCUT2D eigenvalue weighted by Gasteiger charge is -2.09. The second kappa shape index (κ2) is 6.66. The standard InChI is InChI=1S/C15H15FN4O/c1-3-4-13-19-14(18-2)8-15(20-13)21-12-6-5-10(9-17)7-11(12)16/h5-8H,3-4H2,1-2H3,(H,18,19,20). The van der Waals surface area contributed by atoms with Crippen LogP contribution in [-0.4, -0.2) is 17.0 Å². The Bertz CT molecular complexity index is 682. The first-order valence-electron chi connectivity index (χ1n) is 6.59. The zero-order valence-corrected chi connectivity index (χ0v) is 11.9. The first-order valence-corrected chi connectivity index (χ1v) is 6.59. The summed E-state index contributed by atoms with van der Waals surface area (Å²) < 4.78 is 19.3. The minimum absolute atomic E-state index is 0.0252. The molecule has 0 aliphatic carbocycles. The van der Waals surface area contributed by atoms with Crippen LogP contribution in [0.5, 0.6) is 11.6 Å². The second-order valence-corrected chi connectivity index (χ2v) is 4.37. The van der Waals surface area contributed by atoms with Gasteiger partial charge in [-0.2, -0.15) is 10.2 Å². The molecule has 0 aliphatic heterocycles. The monoisotopic (exact) mass is 286 g/mol. The normalized spacial score (nSPS) is 10.0. The number of halogens is 1. The molecule has 0 fully saturated rings. The van der Waals surface area contributed by atoms with Crippen LogP contribution in [0.1, 0.15) is 24.7 Å². The summed E-state index contributed by atoms with van der Waals surface area (Å²) in [6.07, 6.45) is 1.61. The van der Waals surface area contributed by atoms with Gasteiger partial charge in [0, 0.05) is 19.5 Å². The van der Waals surface area contributed by atoms with Gasteiger partial charge in [-0.05, 0) is 24.6 Å². The van der Waals surface area contributed by atoms with Gasteiger partial charge in [-0.3, -0.25) is 0 Å². The molecule has 0 radical (unpaired) electrons. The van der Waals surface area contributed by atoms with Crippen molar-refractivity contribution < 1.29 is 9.13 Å². The molecule has 2 rings (SSSR count). The van der Waals surface area contributed by atoms with Gasteiger partial charge in [0.1, 0.15) is 11.6 Å². The van der Waals surface area contributed by atoms with Gasteiger partial charge < -0.3 is 10.1 Å². The molecule has 0 aliphatic rings. The Labute approximate surface area is 122 Å². The average molecular weight is 286 g/mol. The molecular formula is C15H15FN4O. The Morgan fingerprint density at radius 1 is 1.33 bits per heavy atom. The van der Waals surface area contributed by atoms with Crippen LogP contribution in [0.15, 0.2) is 24.3 Å². The molecule has 1 heterocycles. The minimum atomic E-state index is -0.601. The van der Waals surface area contributed by atoms with Gasteiger partial charge in [0.05, 0.1) is 11.6 Å². The van der Waals surface area contributed by atoms with Crippen molar-refractivity contribution in [2.75, 3.05) is 12.4 Å². The Kier molecular flexibility index (Phi) is 4.67. The molecule has 0 saturated heterocycles. The lowest BCUT2D eigenvalue weighted by molar-refractivity contribution is 0.424. The second-order valence-electron chi connectivity index (χ2n) is 4.37. The van der Waals surface area contributed by atoms with Gasteiger partial charge in [0.2, 0.25) is 5.88 Å². The van der Waals surface area contributed by atoms with Crippen molar-refractivity contribution in [2.24, 2.45) is 0 Å². The number of aryl methyl sites for hydroxylation is 1. The molecule has 5 nitrogen and oxygen atoms in total. The topological polar surface area (TPSA) is 70.8 Å². The highest BCUT2D eigenvalue weighted by molar-refractivity contribution is 5.41. The Balaban J connectivity index is 2.30. The quantitative estimate of drug-likeness (QED) is 0.913. The lowest BCUT2D eigenvalue weighted by atomic mass is 10.2. The van der Waals surface area contributed by atoms with E-state index < -0.39 is 5.82 Å². The van der Waals surface area contributed by atoms with Crippen LogP contribution in [0, 0.1) is 17.1 Å². The maximum absolute atomic E-state index is 13.8. The summed E-state index contributed by atoms with van der Waals surface area (Å²) in [6.45, 7) is 2.02. The van der Waals surface area contributed by atoms with Crippen LogP contribution in [0.3, 0.4) is 0 Å². The van der Waals surface area contributed by atoms with Crippen LogP contribution < -0.4 is 10.1 Å². The summed E-state index contributed by atoms with van der Waals surface area (Å²) in [5.74, 6) is 0.931. The van der Waals surface area contributed by atoms with Gasteiger partial charge >= 0.3 is 0 Å². The van der Waals surface area contributed by atoms with Crippen LogP contribution in [0.25, 0.3) is 0 Å². The van der Waals surface area contributed by atoms with E-state index in [0.29, 0.717) is 18.1 Å². The SMILES string of the molecule is CCCc1nc(NC)cc(Oc2ccc(C#N)cc2F)n1. The number of benzene rings is 1. The highest BCUT2D eigenvalue weighted by Gasteiger charge is 2.09. The summed E-state index contributed by atoms with van der Waals surface area (Å²) in [6, 6.07) is 7.50. The zero-order valence-electron chi connectivity index (χ0n) is 11.9. The van der Waals surface area contributed by atoms with Crippen molar-refractivity contribution in [3.8, 4) is 17.7 Å². The van der Waals surface area contributed by atoms with Crippen molar-refractivity contribution in [3.63, 3.8) is 0 Å². The number of rotatable bonds is 5. The lowest BCUT2D eigenvalue weighted by Crippen LogP contribution is -2.02. The number of anilines is 1. The van der Waals surface area contributed by atoms with Crippen LogP contribution in [-0.2, 0) is 6.42 Å². The van der Waals surface area contributed by atoms with Gasteiger partial charge in [-0.15, -0.1) is 0 Å². The number of ether oxygens (including phenoxy) is 1. The zero-order chi connectivity index (χ0) is 15.2. The van der Waals surface area contributed by atoms with Crippen molar-refractivity contribution in [2.45, 2.75) is 19.8 Å². The number of aromatic nitrogens is 2. The third-order valence-corrected chi connectivity index (χ3v) is 2.75. The van der Waals surface area contributed by atoms with Gasteiger partial charge in [-0.1, -0.05) is 6.92 Å². The molecular weight excluding hydrogens is 271 g/mol. The molecule has 1 aromatic carbocycles. The maximum atomic E-state index is 13.8. The number of nitrogens with one attached hydrogen (secondary N) is 1. The number of hydrogen-bond donors (Lipinski definition) is 1. The molecule has 0 amide bonds. The summed E-state index contributed by atoms with van der Waals surface area (Å²) in [5, 5.41) is 11.6. The fourth-order valence-electron chi connectivity index (χ4n) is 1.75. The fourth-order valence-corrected chi connectivity index (χ4v) is 1.75. The highest BCUT2D eigenvalue weighted by Crippen LogP contribution is 2.25. The van der Waals surface area contributed by atoms with Crippen molar-refractivity contribution in [1.29, 1.82) is 5.26 Å². The Morgan fingerprint density at radius 3 is 2.76 bits per heavy atom. The van der Waals surface area contributed by atoms with E-state index >= 15 is 0 Å². The van der Waals surface area contributed by atoms with Gasteiger partial charge in [0.15, 0.2) is 11.6 Å². The highest BCUT2D eigenvalue weighted by atomic mass is 19.1. The predicted octanol–water partition coefficient (Wildman–Crippen LogP) is 3.27. The Morgan fingerprint density at radius 2 is 2.14 bits per heavy atom. The predicted molar refractivity (Wildman–Crippen MR) is 76.8 cm³/mol. The summed E-state index contributed by atoms with van der Waals surface area (Å²) in [7, 11) is 1.74. The molecule has 108 valence electrons. The van der Waals surface area contributed by atoms with E-state index in [-0.39, 0.29) is 17.2 Å². The molecule has 1 N–H and O–H groups in total. The molecule has 1 aromatic heterocycles. The summed E-state index contributed by atoms with van der Waals surface area (Å²) in [5.41, 5.74) is 0.241. The number of nitriles is 1. The molecule has 21 heavy (non-hydrogen) atoms. The molecule has 2 aromatic rings. The number of nitrogens with zero attached hydrogens (tertiary/aromatic N) is 3. The van der Waals surface area contributed by atoms with Crippen LogP contribution in [0.4, 0.5) is 10.2 Å². The van der Waals surface area contributed by atoms with Crippen LogP contribution >= 0.6 is 0 Å². The van der Waals surface area contributed by atoms with E-state index in [1.165, 1.54) is 12.1 Å². The van der Waals surface area contributed by atoms with Gasteiger partial charge in [-0.25, -0.2) is 9.37 Å². The van der Waals surface area contributed by atoms with Crippen molar-refractivity contribution >= 4 is 5.82 Å². The minimum Gasteiger partial charge on any atom is -0.436 e. The first kappa shape index (κ1) is 14.7. The van der Waals surface area contributed by atoms with E-state index in [2.05, 4.69) is 15.3 Å². The molecule has 0 atom stereocenters. The van der Waals surface area contributed by atoms with Crippen molar-refractivity contribution in [3.05, 3.63) is 41.5 Å². The van der Waals surface area contributed by atoms with Crippen LogP contribution in [0.2, 0.25) is 0 Å². The third kappa shape index (κ3) is 3.66. The third-order valence-electron chi connectivity index (χ3n) is 2.75. The van der Waals surface area contributed by atoms with E-state index in [1.54, 1.807) is 13.1 Å². The summed E-state index contributed by atoms with van der Waals surface area (Å²) in [4.78, 5) is 8.54. The molecule has 0 bridgehead atoms. The van der Waals surface area contributed by atoms with E-state index in [0.717, 1.165) is 12.5 Å². The molecule has 0 saturated carbocycles. The smallest absolute Gasteiger partial charge is 0.224 e. The maximum Gasteiger partial charge on any atom is 0.224 e. The summed E-state index contributed by atoms with van der Waals surface area (Å²) >= 11 is 0. The molecule has 0 unspecified atom stereocenters. The average Bonchev–Trinajstić information content (AvgIpc) is 2.49. The largest absolute Gasteiger partial charge is 0.436 e. The van der Waals surface area contributed by atoms with Crippen molar-refractivity contribution in [1.82, 2.24) is 9.97 Å². The van der Waals surface area contributed by atoms with E-state index in [4.69, 9.17) is 10.00 Å². The molecule has 0 spiro atoms.